The molecule has 0 saturated carbocycles. The summed E-state index contributed by atoms with van der Waals surface area (Å²) in [6.45, 7) is 0. The predicted octanol–water partition coefficient (Wildman–Crippen LogP) is 2.40. The van der Waals surface area contributed by atoms with Gasteiger partial charge in [-0.05, 0) is 40.2 Å². The fourth-order valence-electron chi connectivity index (χ4n) is 1.46. The first kappa shape index (κ1) is 13.3. The zero-order valence-corrected chi connectivity index (χ0v) is 11.2. The molecule has 0 unspecified atom stereocenters. The summed E-state index contributed by atoms with van der Waals surface area (Å²) in [6.07, 6.45) is 1.39. The number of amides is 1. The standard InChI is InChI=1S/C12H10BrFN4O/c13-8-5-6(1-2-9(8)14)18-12(19)7-3-4-17-11(16)10(7)15/h1-5H,15H2,(H2,16,17)(H,18,19). The molecule has 0 fully saturated rings. The molecule has 98 valence electrons. The second-order valence-corrected chi connectivity index (χ2v) is 4.59. The van der Waals surface area contributed by atoms with Crippen LogP contribution in [0.15, 0.2) is 34.9 Å². The van der Waals surface area contributed by atoms with Crippen molar-refractivity contribution in [1.29, 1.82) is 0 Å². The van der Waals surface area contributed by atoms with Crippen LogP contribution in [-0.4, -0.2) is 10.9 Å². The molecule has 5 N–H and O–H groups in total. The Bertz CT molecular complexity index is 648. The molecule has 1 amide bonds. The molecule has 19 heavy (non-hydrogen) atoms. The van der Waals surface area contributed by atoms with E-state index in [4.69, 9.17) is 11.5 Å². The van der Waals surface area contributed by atoms with Crippen molar-refractivity contribution in [3.05, 3.63) is 46.3 Å². The lowest BCUT2D eigenvalue weighted by Gasteiger charge is -2.09. The van der Waals surface area contributed by atoms with Gasteiger partial charge < -0.3 is 16.8 Å². The number of nitrogen functional groups attached to an aromatic ring is 2. The average Bonchev–Trinajstić information content (AvgIpc) is 2.37. The normalized spacial score (nSPS) is 10.2. The molecule has 0 saturated heterocycles. The van der Waals surface area contributed by atoms with Crippen molar-refractivity contribution in [3.8, 4) is 0 Å². The second kappa shape index (κ2) is 5.23. The number of pyridine rings is 1. The van der Waals surface area contributed by atoms with Crippen LogP contribution in [0.4, 0.5) is 21.6 Å². The lowest BCUT2D eigenvalue weighted by atomic mass is 10.2. The van der Waals surface area contributed by atoms with E-state index in [-0.39, 0.29) is 21.5 Å². The molecular formula is C12H10BrFN4O. The number of anilines is 3. The van der Waals surface area contributed by atoms with Crippen molar-refractivity contribution in [2.75, 3.05) is 16.8 Å². The maximum absolute atomic E-state index is 13.1. The third-order valence-electron chi connectivity index (χ3n) is 2.44. The van der Waals surface area contributed by atoms with Gasteiger partial charge in [-0.3, -0.25) is 4.79 Å². The van der Waals surface area contributed by atoms with Gasteiger partial charge in [0.25, 0.3) is 5.91 Å². The van der Waals surface area contributed by atoms with E-state index in [2.05, 4.69) is 26.2 Å². The highest BCUT2D eigenvalue weighted by atomic mass is 79.9. The monoisotopic (exact) mass is 324 g/mol. The predicted molar refractivity (Wildman–Crippen MR) is 75.1 cm³/mol. The highest BCUT2D eigenvalue weighted by Gasteiger charge is 2.12. The summed E-state index contributed by atoms with van der Waals surface area (Å²) < 4.78 is 13.3. The Labute approximate surface area is 116 Å². The Balaban J connectivity index is 2.26. The Hall–Kier alpha value is -2.15. The molecule has 1 aromatic carbocycles. The number of rotatable bonds is 2. The number of carbonyl (C=O) groups is 1. The smallest absolute Gasteiger partial charge is 0.257 e. The van der Waals surface area contributed by atoms with E-state index in [9.17, 15) is 9.18 Å². The van der Waals surface area contributed by atoms with Gasteiger partial charge in [0.2, 0.25) is 0 Å². The molecular weight excluding hydrogens is 315 g/mol. The van der Waals surface area contributed by atoms with Gasteiger partial charge in [0.1, 0.15) is 11.6 Å². The van der Waals surface area contributed by atoms with Crippen LogP contribution >= 0.6 is 15.9 Å². The number of benzene rings is 1. The van der Waals surface area contributed by atoms with Crippen LogP contribution in [0.5, 0.6) is 0 Å². The van der Waals surface area contributed by atoms with Crippen molar-refractivity contribution in [3.63, 3.8) is 0 Å². The largest absolute Gasteiger partial charge is 0.395 e. The van der Waals surface area contributed by atoms with Crippen molar-refractivity contribution >= 4 is 39.0 Å². The Kier molecular flexibility index (Phi) is 3.66. The first-order valence-electron chi connectivity index (χ1n) is 5.25. The minimum atomic E-state index is -0.440. The number of halogens is 2. The van der Waals surface area contributed by atoms with Crippen molar-refractivity contribution < 1.29 is 9.18 Å². The molecule has 0 aliphatic rings. The molecule has 5 nitrogen and oxygen atoms in total. The van der Waals surface area contributed by atoms with Gasteiger partial charge in [-0.2, -0.15) is 0 Å². The molecule has 7 heteroatoms. The van der Waals surface area contributed by atoms with E-state index >= 15 is 0 Å². The van der Waals surface area contributed by atoms with E-state index in [0.717, 1.165) is 0 Å². The van der Waals surface area contributed by atoms with E-state index < -0.39 is 11.7 Å². The van der Waals surface area contributed by atoms with Crippen LogP contribution in [0, 0.1) is 5.82 Å². The molecule has 2 aromatic rings. The second-order valence-electron chi connectivity index (χ2n) is 3.74. The molecule has 0 radical (unpaired) electrons. The van der Waals surface area contributed by atoms with Crippen LogP contribution in [0.3, 0.4) is 0 Å². The third kappa shape index (κ3) is 2.82. The first-order valence-corrected chi connectivity index (χ1v) is 6.04. The van der Waals surface area contributed by atoms with E-state index in [1.807, 2.05) is 0 Å². The number of carbonyl (C=O) groups excluding carboxylic acids is 1. The molecule has 0 spiro atoms. The van der Waals surface area contributed by atoms with Crippen molar-refractivity contribution in [1.82, 2.24) is 4.98 Å². The fourth-order valence-corrected chi connectivity index (χ4v) is 1.84. The molecule has 1 heterocycles. The van der Waals surface area contributed by atoms with Gasteiger partial charge in [0.15, 0.2) is 0 Å². The Morgan fingerprint density at radius 3 is 2.74 bits per heavy atom. The molecule has 0 bridgehead atoms. The van der Waals surface area contributed by atoms with Gasteiger partial charge in [0, 0.05) is 11.9 Å². The van der Waals surface area contributed by atoms with Crippen LogP contribution in [0.1, 0.15) is 10.4 Å². The molecule has 1 aromatic heterocycles. The number of nitrogens with zero attached hydrogens (tertiary/aromatic N) is 1. The first-order chi connectivity index (χ1) is 8.99. The number of hydrogen-bond donors (Lipinski definition) is 3. The van der Waals surface area contributed by atoms with E-state index in [0.29, 0.717) is 5.69 Å². The minimum absolute atomic E-state index is 0.0907. The summed E-state index contributed by atoms with van der Waals surface area (Å²) in [6, 6.07) is 5.59. The van der Waals surface area contributed by atoms with Gasteiger partial charge >= 0.3 is 0 Å². The Morgan fingerprint density at radius 2 is 2.05 bits per heavy atom. The zero-order valence-electron chi connectivity index (χ0n) is 9.65. The Morgan fingerprint density at radius 1 is 1.32 bits per heavy atom. The fraction of sp³-hybridized carbons (Fsp3) is 0. The summed E-state index contributed by atoms with van der Waals surface area (Å²) in [5.74, 6) is -0.760. The zero-order chi connectivity index (χ0) is 14.0. The van der Waals surface area contributed by atoms with E-state index in [1.54, 1.807) is 0 Å². The molecule has 2 rings (SSSR count). The number of nitrogens with two attached hydrogens (primary N) is 2. The van der Waals surface area contributed by atoms with Crippen molar-refractivity contribution in [2.45, 2.75) is 0 Å². The summed E-state index contributed by atoms with van der Waals surface area (Å²) in [7, 11) is 0. The van der Waals surface area contributed by atoms with Gasteiger partial charge in [-0.15, -0.1) is 0 Å². The summed E-state index contributed by atoms with van der Waals surface area (Å²) in [5, 5.41) is 2.60. The van der Waals surface area contributed by atoms with Crippen LogP contribution in [-0.2, 0) is 0 Å². The van der Waals surface area contributed by atoms with Crippen LogP contribution < -0.4 is 16.8 Å². The molecule has 0 aliphatic carbocycles. The quantitative estimate of drug-likeness (QED) is 0.790. The van der Waals surface area contributed by atoms with Gasteiger partial charge in [-0.1, -0.05) is 0 Å². The minimum Gasteiger partial charge on any atom is -0.395 e. The third-order valence-corrected chi connectivity index (χ3v) is 3.05. The van der Waals surface area contributed by atoms with Crippen molar-refractivity contribution in [2.24, 2.45) is 0 Å². The summed E-state index contributed by atoms with van der Waals surface area (Å²) >= 11 is 3.04. The van der Waals surface area contributed by atoms with Crippen LogP contribution in [0.2, 0.25) is 0 Å². The lowest BCUT2D eigenvalue weighted by molar-refractivity contribution is 0.102. The highest BCUT2D eigenvalue weighted by Crippen LogP contribution is 2.22. The van der Waals surface area contributed by atoms with Gasteiger partial charge in [-0.25, -0.2) is 9.37 Å². The molecule has 0 aliphatic heterocycles. The van der Waals surface area contributed by atoms with Crippen LogP contribution in [0.25, 0.3) is 0 Å². The number of aromatic nitrogens is 1. The average molecular weight is 325 g/mol. The number of hydrogen-bond acceptors (Lipinski definition) is 4. The summed E-state index contributed by atoms with van der Waals surface area (Å²) in [4.78, 5) is 15.8. The summed E-state index contributed by atoms with van der Waals surface area (Å²) in [5.41, 5.74) is 12.0. The molecule has 0 atom stereocenters. The number of nitrogens with one attached hydrogen (secondary N) is 1. The van der Waals surface area contributed by atoms with Gasteiger partial charge in [0.05, 0.1) is 15.7 Å². The topological polar surface area (TPSA) is 94.0 Å². The lowest BCUT2D eigenvalue weighted by Crippen LogP contribution is -2.15. The van der Waals surface area contributed by atoms with E-state index in [1.165, 1.54) is 30.5 Å². The maximum atomic E-state index is 13.1. The highest BCUT2D eigenvalue weighted by molar-refractivity contribution is 9.10. The maximum Gasteiger partial charge on any atom is 0.257 e. The SMILES string of the molecule is Nc1nccc(C(=O)Nc2ccc(F)c(Br)c2)c1N.